The Morgan fingerprint density at radius 2 is 1.92 bits per heavy atom. The topological polar surface area (TPSA) is 193 Å². The second kappa shape index (κ2) is 10.5. The fourth-order valence-electron chi connectivity index (χ4n) is 3.80. The van der Waals surface area contributed by atoms with Crippen molar-refractivity contribution in [2.75, 3.05) is 12.8 Å². The number of hydrogen-bond donors (Lipinski definition) is 4. The van der Waals surface area contributed by atoms with E-state index in [9.17, 15) is 19.6 Å². The second-order valence-electron chi connectivity index (χ2n) is 8.14. The predicted octanol–water partition coefficient (Wildman–Crippen LogP) is 0.771. The number of esters is 1. The van der Waals surface area contributed by atoms with Crippen LogP contribution in [-0.4, -0.2) is 73.3 Å². The van der Waals surface area contributed by atoms with Crippen LogP contribution in [0.4, 0.5) is 5.82 Å². The molecule has 14 nitrogen and oxygen atoms in total. The number of fused-ring (bicyclic) bond motifs is 1. The van der Waals surface area contributed by atoms with Crippen molar-refractivity contribution in [3.8, 4) is 5.75 Å². The van der Waals surface area contributed by atoms with Gasteiger partial charge in [0.25, 0.3) is 0 Å². The van der Waals surface area contributed by atoms with Gasteiger partial charge in [0.2, 0.25) is 0 Å². The lowest BCUT2D eigenvalue weighted by atomic mass is 10.1. The highest BCUT2D eigenvalue weighted by Gasteiger charge is 2.49. The van der Waals surface area contributed by atoms with Gasteiger partial charge in [-0.05, 0) is 26.0 Å². The number of methoxy groups -OCH3 is 1. The number of carbonyl (C=O) groups is 1. The Hall–Kier alpha value is -3.13. The van der Waals surface area contributed by atoms with Crippen molar-refractivity contribution in [1.29, 1.82) is 0 Å². The van der Waals surface area contributed by atoms with E-state index in [-0.39, 0.29) is 11.6 Å². The minimum absolute atomic E-state index is 0.143. The lowest BCUT2D eigenvalue weighted by Crippen LogP contribution is -2.41. The van der Waals surface area contributed by atoms with Crippen LogP contribution in [0.3, 0.4) is 0 Å². The second-order valence-corrected chi connectivity index (χ2v) is 9.79. The molecule has 1 saturated heterocycles. The maximum atomic E-state index is 13.7. The minimum Gasteiger partial charge on any atom is -0.468 e. The van der Waals surface area contributed by atoms with Crippen molar-refractivity contribution in [3.63, 3.8) is 0 Å². The molecule has 3 aromatic rings. The predicted molar refractivity (Wildman–Crippen MR) is 125 cm³/mol. The summed E-state index contributed by atoms with van der Waals surface area (Å²) in [6, 6.07) is 7.15. The third-order valence-corrected chi connectivity index (χ3v) is 7.34. The molecule has 1 fully saturated rings. The smallest absolute Gasteiger partial charge is 0.459 e. The van der Waals surface area contributed by atoms with Crippen molar-refractivity contribution in [2.45, 2.75) is 50.5 Å². The summed E-state index contributed by atoms with van der Waals surface area (Å²) >= 11 is 0. The quantitative estimate of drug-likeness (QED) is 0.228. The molecule has 4 rings (SSSR count). The highest BCUT2D eigenvalue weighted by molar-refractivity contribution is 7.52. The molecule has 7 atom stereocenters. The van der Waals surface area contributed by atoms with Gasteiger partial charge in [-0.15, -0.1) is 0 Å². The van der Waals surface area contributed by atoms with Gasteiger partial charge in [-0.2, -0.15) is 5.09 Å². The van der Waals surface area contributed by atoms with Crippen molar-refractivity contribution in [1.82, 2.24) is 24.6 Å². The average molecular weight is 522 g/mol. The Bertz CT molecular complexity index is 1260. The molecule has 3 unspecified atom stereocenters. The molecule has 0 amide bonds. The molecule has 3 heterocycles. The van der Waals surface area contributed by atoms with Crippen LogP contribution in [0.1, 0.15) is 20.1 Å². The zero-order valence-corrected chi connectivity index (χ0v) is 20.6. The zero-order chi connectivity index (χ0) is 26.0. The van der Waals surface area contributed by atoms with Crippen molar-refractivity contribution in [2.24, 2.45) is 0 Å². The number of anilines is 1. The van der Waals surface area contributed by atoms with Crippen LogP contribution in [-0.2, 0) is 23.4 Å². The molecular weight excluding hydrogens is 495 g/mol. The van der Waals surface area contributed by atoms with Gasteiger partial charge in [0, 0.05) is 0 Å². The Morgan fingerprint density at radius 3 is 2.61 bits per heavy atom. The first kappa shape index (κ1) is 25.9. The third kappa shape index (κ3) is 5.19. The highest BCUT2D eigenvalue weighted by atomic mass is 31.2. The fourth-order valence-corrected chi connectivity index (χ4v) is 5.50. The van der Waals surface area contributed by atoms with Crippen LogP contribution < -0.4 is 15.3 Å². The first-order valence-electron chi connectivity index (χ1n) is 11.0. The first-order valence-corrected chi connectivity index (χ1v) is 12.5. The highest BCUT2D eigenvalue weighted by Crippen LogP contribution is 2.48. The number of hydrogen-bond acceptors (Lipinski definition) is 12. The number of benzene rings is 1. The summed E-state index contributed by atoms with van der Waals surface area (Å²) in [4.78, 5) is 24.1. The van der Waals surface area contributed by atoms with Crippen LogP contribution in [0.5, 0.6) is 5.75 Å². The van der Waals surface area contributed by atoms with Crippen LogP contribution in [0.2, 0.25) is 0 Å². The SMILES string of the molecule is COC(=O)[C@H](C)NP(=O)(Oc1ccccc1)OC(C)C1O[C@@H](n2cnc3c(N)ncnc32)[C@H](O)[C@@H]1O. The molecule has 2 aromatic heterocycles. The van der Waals surface area contributed by atoms with Crippen LogP contribution in [0, 0.1) is 0 Å². The van der Waals surface area contributed by atoms with Crippen molar-refractivity contribution >= 4 is 30.7 Å². The van der Waals surface area contributed by atoms with Crippen LogP contribution in [0.25, 0.3) is 11.2 Å². The number of nitrogens with zero attached hydrogens (tertiary/aromatic N) is 4. The molecule has 1 aromatic carbocycles. The first-order chi connectivity index (χ1) is 17.1. The number of imidazole rings is 1. The molecule has 5 N–H and O–H groups in total. The van der Waals surface area contributed by atoms with Gasteiger partial charge in [-0.3, -0.25) is 13.9 Å². The summed E-state index contributed by atoms with van der Waals surface area (Å²) in [6.45, 7) is 2.92. The van der Waals surface area contributed by atoms with Crippen molar-refractivity contribution in [3.05, 3.63) is 43.0 Å². The number of aromatic nitrogens is 4. The normalized spacial score (nSPS) is 25.2. The number of aliphatic hydroxyl groups excluding tert-OH is 2. The Morgan fingerprint density at radius 1 is 1.19 bits per heavy atom. The monoisotopic (exact) mass is 522 g/mol. The van der Waals surface area contributed by atoms with Gasteiger partial charge in [0.15, 0.2) is 17.7 Å². The number of nitrogen functional groups attached to an aromatic ring is 1. The van der Waals surface area contributed by atoms with Gasteiger partial charge in [0.1, 0.15) is 41.9 Å². The van der Waals surface area contributed by atoms with Gasteiger partial charge < -0.3 is 29.9 Å². The number of nitrogens with two attached hydrogens (primary N) is 1. The minimum atomic E-state index is -4.22. The maximum Gasteiger partial charge on any atom is 0.459 e. The van der Waals surface area contributed by atoms with E-state index >= 15 is 0 Å². The maximum absolute atomic E-state index is 13.7. The Balaban J connectivity index is 1.56. The lowest BCUT2D eigenvalue weighted by Gasteiger charge is -2.28. The summed E-state index contributed by atoms with van der Waals surface area (Å²) in [5.41, 5.74) is 6.42. The summed E-state index contributed by atoms with van der Waals surface area (Å²) in [5.74, 6) is -0.334. The molecule has 0 bridgehead atoms. The van der Waals surface area contributed by atoms with E-state index in [1.54, 1.807) is 30.3 Å². The Labute approximate surface area is 206 Å². The number of carbonyl (C=O) groups excluding carboxylic acids is 1. The number of nitrogens with one attached hydrogen (secondary N) is 1. The van der Waals surface area contributed by atoms with E-state index in [0.717, 1.165) is 0 Å². The average Bonchev–Trinajstić information content (AvgIpc) is 3.40. The van der Waals surface area contributed by atoms with E-state index in [4.69, 9.17) is 19.5 Å². The molecule has 36 heavy (non-hydrogen) atoms. The summed E-state index contributed by atoms with van der Waals surface area (Å²) < 4.78 is 37.0. The molecule has 0 saturated carbocycles. The summed E-state index contributed by atoms with van der Waals surface area (Å²) in [6.07, 6.45) is -3.59. The molecule has 15 heteroatoms. The summed E-state index contributed by atoms with van der Waals surface area (Å²) in [5, 5.41) is 24.0. The van der Waals surface area contributed by atoms with Crippen LogP contribution >= 0.6 is 7.75 Å². The molecule has 0 radical (unpaired) electrons. The largest absolute Gasteiger partial charge is 0.468 e. The molecule has 194 valence electrons. The van der Waals surface area contributed by atoms with E-state index in [0.29, 0.717) is 11.2 Å². The van der Waals surface area contributed by atoms with Gasteiger partial charge in [0.05, 0.1) is 19.5 Å². The molecular formula is C21H27N6O8P. The number of para-hydroxylation sites is 1. The molecule has 1 aliphatic rings. The number of aliphatic hydroxyl groups is 2. The Kier molecular flexibility index (Phi) is 7.54. The molecule has 0 aliphatic carbocycles. The zero-order valence-electron chi connectivity index (χ0n) is 19.7. The summed E-state index contributed by atoms with van der Waals surface area (Å²) in [7, 11) is -3.03. The van der Waals surface area contributed by atoms with E-state index < -0.39 is 50.4 Å². The fraction of sp³-hybridized carbons (Fsp3) is 0.429. The molecule has 0 spiro atoms. The van der Waals surface area contributed by atoms with Crippen LogP contribution in [0.15, 0.2) is 43.0 Å². The van der Waals surface area contributed by atoms with Crippen molar-refractivity contribution < 1.29 is 38.1 Å². The lowest BCUT2D eigenvalue weighted by molar-refractivity contribution is -0.142. The number of ether oxygens (including phenoxy) is 2. The standard InChI is InChI=1S/C21H27N6O8P/c1-11(21(30)32-3)26-36(31,35-13-7-5-4-6-8-13)34-12(2)17-15(28)16(29)20(33-17)27-10-25-14-18(22)23-9-24-19(14)27/h4-12,15-17,20,28-29H,1-3H3,(H,26,31)(H2,22,23,24)/t11-,12?,15-,16+,17?,20+,36?/m0/s1. The van der Waals surface area contributed by atoms with E-state index in [1.165, 1.54) is 38.2 Å². The third-order valence-electron chi connectivity index (χ3n) is 5.58. The van der Waals surface area contributed by atoms with Gasteiger partial charge >= 0.3 is 13.7 Å². The van der Waals surface area contributed by atoms with E-state index in [2.05, 4.69) is 24.8 Å². The van der Waals surface area contributed by atoms with E-state index in [1.807, 2.05) is 0 Å². The molecule has 1 aliphatic heterocycles. The number of rotatable bonds is 9. The van der Waals surface area contributed by atoms with Gasteiger partial charge in [-0.1, -0.05) is 18.2 Å². The van der Waals surface area contributed by atoms with Gasteiger partial charge in [-0.25, -0.2) is 19.5 Å².